The van der Waals surface area contributed by atoms with Crippen molar-refractivity contribution in [2.45, 2.75) is 19.4 Å². The van der Waals surface area contributed by atoms with Crippen molar-refractivity contribution < 1.29 is 9.90 Å². The summed E-state index contributed by atoms with van der Waals surface area (Å²) in [7, 11) is 1.69. The molecule has 0 aliphatic carbocycles. The van der Waals surface area contributed by atoms with Crippen molar-refractivity contribution in [3.8, 4) is 0 Å². The molecule has 1 unspecified atom stereocenters. The topological polar surface area (TPSA) is 66.6 Å². The largest absolute Gasteiger partial charge is 0.394 e. The highest BCUT2D eigenvalue weighted by atomic mass is 32.1. The molecule has 5 heteroatoms. The normalized spacial score (nSPS) is 11.9. The van der Waals surface area contributed by atoms with Gasteiger partial charge in [0.2, 0.25) is 5.91 Å². The van der Waals surface area contributed by atoms with Crippen LogP contribution in [0.5, 0.6) is 0 Å². The van der Waals surface area contributed by atoms with Crippen LogP contribution in [0.3, 0.4) is 0 Å². The number of hydrogen-bond donors (Lipinski definition) is 2. The molecule has 0 saturated heterocycles. The monoisotopic (exact) mass is 266 g/mol. The van der Waals surface area contributed by atoms with Crippen LogP contribution in [0.15, 0.2) is 24.3 Å². The zero-order chi connectivity index (χ0) is 13.7. The summed E-state index contributed by atoms with van der Waals surface area (Å²) >= 11 is 4.86. The summed E-state index contributed by atoms with van der Waals surface area (Å²) in [6.45, 7) is 1.76. The summed E-state index contributed by atoms with van der Waals surface area (Å²) in [5, 5.41) is 9.00. The molecule has 1 amide bonds. The Kier molecular flexibility index (Phi) is 5.25. The van der Waals surface area contributed by atoms with Crippen LogP contribution in [0.2, 0.25) is 0 Å². The zero-order valence-electron chi connectivity index (χ0n) is 10.6. The Morgan fingerprint density at radius 1 is 1.44 bits per heavy atom. The Labute approximate surface area is 112 Å². The quantitative estimate of drug-likeness (QED) is 0.770. The van der Waals surface area contributed by atoms with Crippen LogP contribution < -0.4 is 5.73 Å². The highest BCUT2D eigenvalue weighted by Crippen LogP contribution is 2.07. The van der Waals surface area contributed by atoms with Crippen molar-refractivity contribution in [3.63, 3.8) is 0 Å². The Balaban J connectivity index is 2.67. The standard InChI is InChI=1S/C13H18N2O2S/c1-9(8-16)15(2)12(17)7-10-3-5-11(6-4-10)13(14)18/h3-6,9,16H,7-8H2,1-2H3,(H2,14,18). The fraction of sp³-hybridized carbons (Fsp3) is 0.385. The van der Waals surface area contributed by atoms with E-state index >= 15 is 0 Å². The fourth-order valence-electron chi connectivity index (χ4n) is 1.45. The number of benzene rings is 1. The number of likely N-dealkylation sites (N-methyl/N-ethyl adjacent to an activating group) is 1. The number of nitrogens with two attached hydrogens (primary N) is 1. The average molecular weight is 266 g/mol. The first-order chi connectivity index (χ1) is 8.45. The molecule has 0 fully saturated rings. The number of aliphatic hydroxyl groups excluding tert-OH is 1. The summed E-state index contributed by atoms with van der Waals surface area (Å²) in [6, 6.07) is 7.11. The van der Waals surface area contributed by atoms with Crippen molar-refractivity contribution in [2.24, 2.45) is 5.73 Å². The molecule has 0 spiro atoms. The van der Waals surface area contributed by atoms with Gasteiger partial charge >= 0.3 is 0 Å². The van der Waals surface area contributed by atoms with Crippen molar-refractivity contribution in [3.05, 3.63) is 35.4 Å². The molecule has 98 valence electrons. The van der Waals surface area contributed by atoms with E-state index in [2.05, 4.69) is 0 Å². The maximum Gasteiger partial charge on any atom is 0.227 e. The summed E-state index contributed by atoms with van der Waals surface area (Å²) < 4.78 is 0. The Bertz CT molecular complexity index is 431. The van der Waals surface area contributed by atoms with E-state index in [0.717, 1.165) is 11.1 Å². The number of aliphatic hydroxyl groups is 1. The van der Waals surface area contributed by atoms with Crippen LogP contribution in [0.1, 0.15) is 18.1 Å². The van der Waals surface area contributed by atoms with Crippen LogP contribution in [-0.4, -0.2) is 40.6 Å². The van der Waals surface area contributed by atoms with E-state index in [1.165, 1.54) is 0 Å². The number of nitrogens with zero attached hydrogens (tertiary/aromatic N) is 1. The molecule has 0 heterocycles. The SMILES string of the molecule is CC(CO)N(C)C(=O)Cc1ccc(C(N)=S)cc1. The molecule has 1 rings (SSSR count). The number of rotatable bonds is 5. The molecular formula is C13H18N2O2S. The second-order valence-corrected chi connectivity index (χ2v) is 4.71. The Morgan fingerprint density at radius 2 is 2.00 bits per heavy atom. The number of hydrogen-bond acceptors (Lipinski definition) is 3. The van der Waals surface area contributed by atoms with Gasteiger partial charge in [-0.1, -0.05) is 36.5 Å². The molecule has 0 saturated carbocycles. The molecule has 0 aliphatic heterocycles. The third-order valence-corrected chi connectivity index (χ3v) is 3.15. The van der Waals surface area contributed by atoms with E-state index in [1.807, 2.05) is 12.1 Å². The van der Waals surface area contributed by atoms with Gasteiger partial charge in [0.15, 0.2) is 0 Å². The van der Waals surface area contributed by atoms with E-state index in [-0.39, 0.29) is 18.6 Å². The highest BCUT2D eigenvalue weighted by Gasteiger charge is 2.15. The minimum atomic E-state index is -0.173. The molecule has 0 aliphatic rings. The van der Waals surface area contributed by atoms with Crippen molar-refractivity contribution in [1.82, 2.24) is 4.90 Å². The van der Waals surface area contributed by atoms with Crippen LogP contribution in [-0.2, 0) is 11.2 Å². The van der Waals surface area contributed by atoms with Crippen LogP contribution >= 0.6 is 12.2 Å². The third-order valence-electron chi connectivity index (χ3n) is 2.91. The number of amides is 1. The number of carbonyl (C=O) groups is 1. The molecule has 4 nitrogen and oxygen atoms in total. The van der Waals surface area contributed by atoms with Crippen LogP contribution in [0.4, 0.5) is 0 Å². The molecule has 0 aromatic heterocycles. The first kappa shape index (κ1) is 14.6. The molecule has 18 heavy (non-hydrogen) atoms. The van der Waals surface area contributed by atoms with E-state index in [9.17, 15) is 4.79 Å². The van der Waals surface area contributed by atoms with E-state index in [1.54, 1.807) is 31.0 Å². The van der Waals surface area contributed by atoms with Gasteiger partial charge in [-0.25, -0.2) is 0 Å². The van der Waals surface area contributed by atoms with Crippen molar-refractivity contribution >= 4 is 23.1 Å². The summed E-state index contributed by atoms with van der Waals surface area (Å²) in [5.74, 6) is -0.0281. The van der Waals surface area contributed by atoms with Gasteiger partial charge in [-0.3, -0.25) is 4.79 Å². The lowest BCUT2D eigenvalue weighted by Gasteiger charge is -2.23. The second-order valence-electron chi connectivity index (χ2n) is 4.27. The lowest BCUT2D eigenvalue weighted by Crippen LogP contribution is -2.38. The van der Waals surface area contributed by atoms with Gasteiger partial charge in [-0.15, -0.1) is 0 Å². The number of carbonyl (C=O) groups excluding carboxylic acids is 1. The van der Waals surface area contributed by atoms with Gasteiger partial charge in [-0.2, -0.15) is 0 Å². The smallest absolute Gasteiger partial charge is 0.227 e. The molecule has 1 aromatic rings. The maximum atomic E-state index is 11.9. The average Bonchev–Trinajstić information content (AvgIpc) is 2.37. The second kappa shape index (κ2) is 6.47. The predicted octanol–water partition coefficient (Wildman–Crippen LogP) is 0.703. The molecule has 1 atom stereocenters. The minimum Gasteiger partial charge on any atom is -0.394 e. The van der Waals surface area contributed by atoms with E-state index in [0.29, 0.717) is 11.4 Å². The van der Waals surface area contributed by atoms with Crippen molar-refractivity contribution in [2.75, 3.05) is 13.7 Å². The summed E-state index contributed by atoms with van der Waals surface area (Å²) in [5.41, 5.74) is 7.19. The number of thiocarbonyl (C=S) groups is 1. The molecule has 3 N–H and O–H groups in total. The highest BCUT2D eigenvalue weighted by molar-refractivity contribution is 7.80. The summed E-state index contributed by atoms with van der Waals surface area (Å²) in [6.07, 6.45) is 0.304. The Morgan fingerprint density at radius 3 is 2.44 bits per heavy atom. The fourth-order valence-corrected chi connectivity index (χ4v) is 1.59. The first-order valence-corrected chi connectivity index (χ1v) is 6.11. The maximum absolute atomic E-state index is 11.9. The molecular weight excluding hydrogens is 248 g/mol. The van der Waals surface area contributed by atoms with Gasteiger partial charge in [0, 0.05) is 12.6 Å². The molecule has 0 bridgehead atoms. The van der Waals surface area contributed by atoms with Crippen LogP contribution in [0.25, 0.3) is 0 Å². The van der Waals surface area contributed by atoms with Gasteiger partial charge < -0.3 is 15.7 Å². The summed E-state index contributed by atoms with van der Waals surface area (Å²) in [4.78, 5) is 13.8. The lowest BCUT2D eigenvalue weighted by atomic mass is 10.1. The van der Waals surface area contributed by atoms with E-state index in [4.69, 9.17) is 23.1 Å². The third kappa shape index (κ3) is 3.78. The van der Waals surface area contributed by atoms with Gasteiger partial charge in [0.05, 0.1) is 19.1 Å². The zero-order valence-corrected chi connectivity index (χ0v) is 11.4. The minimum absolute atomic E-state index is 0.0281. The predicted molar refractivity (Wildman–Crippen MR) is 75.4 cm³/mol. The first-order valence-electron chi connectivity index (χ1n) is 5.71. The molecule has 0 radical (unpaired) electrons. The molecule has 1 aromatic carbocycles. The van der Waals surface area contributed by atoms with E-state index < -0.39 is 0 Å². The van der Waals surface area contributed by atoms with Crippen molar-refractivity contribution in [1.29, 1.82) is 0 Å². The van der Waals surface area contributed by atoms with Crippen LogP contribution in [0, 0.1) is 0 Å². The Hall–Kier alpha value is -1.46. The van der Waals surface area contributed by atoms with Gasteiger partial charge in [-0.05, 0) is 12.5 Å². The lowest BCUT2D eigenvalue weighted by molar-refractivity contribution is -0.131. The van der Waals surface area contributed by atoms with Gasteiger partial charge in [0.1, 0.15) is 4.99 Å². The van der Waals surface area contributed by atoms with Gasteiger partial charge in [0.25, 0.3) is 0 Å².